The van der Waals surface area contributed by atoms with Crippen molar-refractivity contribution in [3.63, 3.8) is 0 Å². The third-order valence-corrected chi connectivity index (χ3v) is 8.38. The standard InChI is InChI=1S/C33H56N16O8/c1-19(2)15-23-30(55)45-22(8-6-13-40-33(36)37)29(54)41-17-27(52)43-24(16-26(51)47-57)31(56)44-21(7-5-12-39-32(34)35)28(53)38-11-3-4-14-49-18-20(46-48-49)9-10-25(50)42-23/h18-19,21-24H,3-17H2,1-2H3,(H,38,53)(H,41,54)(H,42,50)(H,43,52)(H,44,56)(H,45,55)(H4,34,35,39)(H4,36,37,40)/t21-,22-,23-,24-/m0/s1. The van der Waals surface area contributed by atoms with Crippen LogP contribution in [0.2, 0.25) is 0 Å². The van der Waals surface area contributed by atoms with Crippen LogP contribution in [0.3, 0.4) is 0 Å². The first-order valence-corrected chi connectivity index (χ1v) is 18.7. The van der Waals surface area contributed by atoms with Crippen LogP contribution >= 0.6 is 0 Å². The first-order chi connectivity index (χ1) is 27.1. The second kappa shape index (κ2) is 25.0. The van der Waals surface area contributed by atoms with Gasteiger partial charge in [-0.1, -0.05) is 19.1 Å². The van der Waals surface area contributed by atoms with Gasteiger partial charge in [-0.3, -0.25) is 48.2 Å². The van der Waals surface area contributed by atoms with Gasteiger partial charge in [0.25, 0.3) is 5.91 Å². The van der Waals surface area contributed by atoms with Crippen molar-refractivity contribution in [1.82, 2.24) is 46.9 Å². The number of aliphatic imine (C=N–C) groups is 2. The van der Waals surface area contributed by atoms with Crippen molar-refractivity contribution in [2.24, 2.45) is 44.0 Å². The lowest BCUT2D eigenvalue weighted by Crippen LogP contribution is -2.56. The zero-order valence-electron chi connectivity index (χ0n) is 32.3. The van der Waals surface area contributed by atoms with Gasteiger partial charge in [0.2, 0.25) is 35.4 Å². The predicted molar refractivity (Wildman–Crippen MR) is 206 cm³/mol. The van der Waals surface area contributed by atoms with Gasteiger partial charge in [-0.25, -0.2) is 0 Å². The lowest BCUT2D eigenvalue weighted by atomic mass is 10.0. The molecule has 2 heterocycles. The predicted octanol–water partition coefficient (Wildman–Crippen LogP) is -3.99. The minimum atomic E-state index is -1.67. The third kappa shape index (κ3) is 19.3. The SMILES string of the molecule is CC(C)C[C@@H]1NC(=O)CCc2cn(nn2)CCCCNC(=O)[C@H](CCCN=C(N)N)NC(=O)[C@H](CC(=O)N=O)NC(=O)CNC(=O)[C@H](CCCN=C(N)N)NC1=O. The zero-order valence-corrected chi connectivity index (χ0v) is 32.3. The molecule has 316 valence electrons. The molecule has 0 saturated heterocycles. The van der Waals surface area contributed by atoms with Crippen LogP contribution in [-0.2, 0) is 46.5 Å². The quantitative estimate of drug-likeness (QED) is 0.0417. The van der Waals surface area contributed by atoms with E-state index in [2.05, 4.69) is 57.4 Å². The molecule has 24 nitrogen and oxygen atoms in total. The Balaban J connectivity index is 2.39. The zero-order chi connectivity index (χ0) is 42.3. The molecule has 1 aliphatic rings. The highest BCUT2D eigenvalue weighted by Gasteiger charge is 2.30. The van der Waals surface area contributed by atoms with E-state index in [0.29, 0.717) is 25.1 Å². The molecular weight excluding hydrogens is 748 g/mol. The molecule has 0 aliphatic carbocycles. The molecule has 2 rings (SSSR count). The summed E-state index contributed by atoms with van der Waals surface area (Å²) in [5.74, 6) is -6.03. The first-order valence-electron chi connectivity index (χ1n) is 18.7. The van der Waals surface area contributed by atoms with Gasteiger partial charge in [0.1, 0.15) is 24.2 Å². The normalized spacial score (nSPS) is 21.1. The average molecular weight is 805 g/mol. The largest absolute Gasteiger partial charge is 0.370 e. The van der Waals surface area contributed by atoms with Gasteiger partial charge >= 0.3 is 0 Å². The Morgan fingerprint density at radius 3 is 1.93 bits per heavy atom. The highest BCUT2D eigenvalue weighted by atomic mass is 16.3. The molecular formula is C33H56N16O8. The van der Waals surface area contributed by atoms with E-state index in [1.165, 1.54) is 0 Å². The number of aryl methyl sites for hydroxylation is 2. The molecule has 14 N–H and O–H groups in total. The van der Waals surface area contributed by atoms with Crippen LogP contribution in [0.5, 0.6) is 0 Å². The molecule has 7 amide bonds. The number of carbonyl (C=O) groups is 7. The fraction of sp³-hybridized carbons (Fsp3) is 0.667. The van der Waals surface area contributed by atoms with Crippen LogP contribution in [0.25, 0.3) is 0 Å². The molecule has 4 atom stereocenters. The van der Waals surface area contributed by atoms with Crippen LogP contribution in [-0.4, -0.2) is 119 Å². The Hall–Kier alpha value is -6.23. The minimum Gasteiger partial charge on any atom is -0.370 e. The van der Waals surface area contributed by atoms with Crippen molar-refractivity contribution in [2.45, 2.75) is 109 Å². The Labute approximate surface area is 329 Å². The van der Waals surface area contributed by atoms with Crippen LogP contribution in [0, 0.1) is 10.8 Å². The summed E-state index contributed by atoms with van der Waals surface area (Å²) < 4.78 is 1.60. The first kappa shape index (κ1) is 46.9. The molecule has 0 unspecified atom stereocenters. The van der Waals surface area contributed by atoms with E-state index >= 15 is 0 Å². The van der Waals surface area contributed by atoms with Crippen molar-refractivity contribution in [3.8, 4) is 0 Å². The second-order valence-corrected chi connectivity index (χ2v) is 13.8. The minimum absolute atomic E-state index is 0.00328. The fourth-order valence-electron chi connectivity index (χ4n) is 5.55. The van der Waals surface area contributed by atoms with Crippen LogP contribution in [0.4, 0.5) is 0 Å². The number of nitrogens with two attached hydrogens (primary N) is 4. The molecule has 0 saturated carbocycles. The number of hydrogen-bond acceptors (Lipinski definition) is 12. The number of aromatic nitrogens is 3. The van der Waals surface area contributed by atoms with Crippen molar-refractivity contribution in [2.75, 3.05) is 26.2 Å². The molecule has 24 heteroatoms. The molecule has 1 aromatic rings. The van der Waals surface area contributed by atoms with Gasteiger partial charge in [-0.2, -0.15) is 0 Å². The Bertz CT molecular complexity index is 1610. The Morgan fingerprint density at radius 1 is 0.772 bits per heavy atom. The van der Waals surface area contributed by atoms with E-state index in [4.69, 9.17) is 22.9 Å². The number of hydrogen-bond donors (Lipinski definition) is 10. The second-order valence-electron chi connectivity index (χ2n) is 13.8. The summed E-state index contributed by atoms with van der Waals surface area (Å²) in [7, 11) is 0. The number of amides is 7. The summed E-state index contributed by atoms with van der Waals surface area (Å²) >= 11 is 0. The number of rotatable bonds is 12. The van der Waals surface area contributed by atoms with Crippen molar-refractivity contribution in [3.05, 3.63) is 16.8 Å². The van der Waals surface area contributed by atoms with Gasteiger partial charge in [0.15, 0.2) is 11.9 Å². The van der Waals surface area contributed by atoms with E-state index in [1.807, 2.05) is 13.8 Å². The molecule has 2 bridgehead atoms. The van der Waals surface area contributed by atoms with Crippen molar-refractivity contribution in [1.29, 1.82) is 0 Å². The smallest absolute Gasteiger partial charge is 0.288 e. The van der Waals surface area contributed by atoms with Gasteiger partial charge in [-0.05, 0) is 50.9 Å². The fourth-order valence-corrected chi connectivity index (χ4v) is 5.55. The Morgan fingerprint density at radius 2 is 1.35 bits per heavy atom. The lowest BCUT2D eigenvalue weighted by Gasteiger charge is -2.24. The van der Waals surface area contributed by atoms with Crippen LogP contribution < -0.4 is 54.8 Å². The molecule has 1 aliphatic heterocycles. The molecule has 57 heavy (non-hydrogen) atoms. The summed E-state index contributed by atoms with van der Waals surface area (Å²) in [6.45, 7) is 3.91. The van der Waals surface area contributed by atoms with Gasteiger partial charge in [0.05, 0.1) is 18.7 Å². The number of guanidine groups is 2. The average Bonchev–Trinajstić information content (AvgIpc) is 3.61. The van der Waals surface area contributed by atoms with Crippen molar-refractivity contribution < 1.29 is 33.6 Å². The van der Waals surface area contributed by atoms with Gasteiger partial charge in [0, 0.05) is 50.4 Å². The number of fused-ring (bicyclic) bond motifs is 2. The highest BCUT2D eigenvalue weighted by molar-refractivity contribution is 5.97. The van der Waals surface area contributed by atoms with Gasteiger partial charge in [-0.15, -0.1) is 10.0 Å². The number of nitrogens with zero attached hydrogens (tertiary/aromatic N) is 6. The van der Waals surface area contributed by atoms with Crippen molar-refractivity contribution >= 4 is 53.3 Å². The van der Waals surface area contributed by atoms with Gasteiger partial charge < -0.3 is 54.8 Å². The summed E-state index contributed by atoms with van der Waals surface area (Å²) in [4.78, 5) is 110. The maximum Gasteiger partial charge on any atom is 0.288 e. The summed E-state index contributed by atoms with van der Waals surface area (Å²) in [5, 5.41) is 25.8. The summed E-state index contributed by atoms with van der Waals surface area (Å²) in [5.41, 5.74) is 22.1. The third-order valence-electron chi connectivity index (χ3n) is 8.38. The summed E-state index contributed by atoms with van der Waals surface area (Å²) in [6.07, 6.45) is 2.99. The molecule has 0 fully saturated rings. The van der Waals surface area contributed by atoms with Crippen LogP contribution in [0.1, 0.15) is 77.3 Å². The topological polar surface area (TPSA) is 381 Å². The van der Waals surface area contributed by atoms with E-state index in [0.717, 1.165) is 0 Å². The number of nitroso groups, excluding NO2 is 1. The molecule has 1 aromatic heterocycles. The molecule has 0 radical (unpaired) electrons. The van der Waals surface area contributed by atoms with Crippen LogP contribution in [0.15, 0.2) is 21.4 Å². The summed E-state index contributed by atoms with van der Waals surface area (Å²) in [6, 6.07) is -5.07. The molecule has 0 aromatic carbocycles. The maximum absolute atomic E-state index is 13.6. The number of carbonyl (C=O) groups excluding carboxylic acids is 7. The Kier molecular flexibility index (Phi) is 20.6. The monoisotopic (exact) mass is 804 g/mol. The van der Waals surface area contributed by atoms with E-state index < -0.39 is 78.5 Å². The lowest BCUT2D eigenvalue weighted by molar-refractivity contribution is -0.134. The molecule has 0 spiro atoms. The maximum atomic E-state index is 13.6. The van der Waals surface area contributed by atoms with E-state index in [1.54, 1.807) is 10.9 Å². The number of nitrogens with one attached hydrogen (secondary N) is 6. The van der Waals surface area contributed by atoms with E-state index in [-0.39, 0.29) is 82.4 Å². The van der Waals surface area contributed by atoms with E-state index in [9.17, 15) is 38.5 Å². The highest BCUT2D eigenvalue weighted by Crippen LogP contribution is 2.09.